The molecule has 0 unspecified atom stereocenters. The maximum absolute atomic E-state index is 12.0. The van der Waals surface area contributed by atoms with E-state index in [-0.39, 0.29) is 5.75 Å². The summed E-state index contributed by atoms with van der Waals surface area (Å²) in [5.74, 6) is 0.120. The van der Waals surface area contributed by atoms with E-state index in [4.69, 9.17) is 0 Å². The number of nitrogens with zero attached hydrogens (tertiary/aromatic N) is 1. The normalized spacial score (nSPS) is 11.7. The van der Waals surface area contributed by atoms with Crippen LogP contribution in [-0.4, -0.2) is 32.2 Å². The molecule has 1 aromatic heterocycles. The second-order valence-corrected chi connectivity index (χ2v) is 6.78. The fourth-order valence-corrected chi connectivity index (χ4v) is 3.17. The highest BCUT2D eigenvalue weighted by molar-refractivity contribution is 7.92. The second kappa shape index (κ2) is 7.38. The largest absolute Gasteiger partial charge is 0.317 e. The number of anilines is 1. The van der Waals surface area contributed by atoms with Gasteiger partial charge in [0.05, 0.1) is 11.3 Å². The zero-order chi connectivity index (χ0) is 15.1. The molecule has 6 heteroatoms. The Morgan fingerprint density at radius 2 is 2.05 bits per heavy atom. The fourth-order valence-electron chi connectivity index (χ4n) is 2.06. The summed E-state index contributed by atoms with van der Waals surface area (Å²) in [7, 11) is -3.30. The summed E-state index contributed by atoms with van der Waals surface area (Å²) in [6.45, 7) is 3.72. The first-order valence-corrected chi connectivity index (χ1v) is 8.82. The zero-order valence-electron chi connectivity index (χ0n) is 12.2. The van der Waals surface area contributed by atoms with E-state index < -0.39 is 10.0 Å². The van der Waals surface area contributed by atoms with Crippen molar-refractivity contribution in [3.05, 3.63) is 36.5 Å². The van der Waals surface area contributed by atoms with Crippen LogP contribution in [0.2, 0.25) is 0 Å². The molecule has 0 saturated heterocycles. The van der Waals surface area contributed by atoms with Gasteiger partial charge in [0.2, 0.25) is 10.0 Å². The van der Waals surface area contributed by atoms with Gasteiger partial charge in [-0.25, -0.2) is 8.42 Å². The van der Waals surface area contributed by atoms with Crippen molar-refractivity contribution in [3.63, 3.8) is 0 Å². The fraction of sp³-hybridized carbons (Fsp3) is 0.400. The van der Waals surface area contributed by atoms with Gasteiger partial charge in [0.15, 0.2) is 0 Å². The average molecular weight is 307 g/mol. The number of aromatic nitrogens is 1. The van der Waals surface area contributed by atoms with Crippen molar-refractivity contribution >= 4 is 26.6 Å². The van der Waals surface area contributed by atoms with Gasteiger partial charge >= 0.3 is 0 Å². The van der Waals surface area contributed by atoms with E-state index in [0.717, 1.165) is 30.4 Å². The Kier molecular flexibility index (Phi) is 5.52. The number of benzene rings is 1. The molecule has 0 saturated carbocycles. The van der Waals surface area contributed by atoms with Crippen molar-refractivity contribution in [2.24, 2.45) is 0 Å². The minimum atomic E-state index is -3.30. The third-order valence-corrected chi connectivity index (χ3v) is 4.44. The Morgan fingerprint density at radius 1 is 1.19 bits per heavy atom. The molecule has 114 valence electrons. The van der Waals surface area contributed by atoms with E-state index in [1.165, 1.54) is 0 Å². The third kappa shape index (κ3) is 4.99. The van der Waals surface area contributed by atoms with Crippen LogP contribution in [0.25, 0.3) is 10.9 Å². The van der Waals surface area contributed by atoms with E-state index in [1.54, 1.807) is 18.3 Å². The van der Waals surface area contributed by atoms with Crippen molar-refractivity contribution in [2.75, 3.05) is 23.6 Å². The maximum Gasteiger partial charge on any atom is 0.232 e. The van der Waals surface area contributed by atoms with Gasteiger partial charge in [0.25, 0.3) is 0 Å². The first-order chi connectivity index (χ1) is 10.1. The van der Waals surface area contributed by atoms with E-state index in [1.807, 2.05) is 18.2 Å². The summed E-state index contributed by atoms with van der Waals surface area (Å²) >= 11 is 0. The SMILES string of the molecule is CCCNCCCS(=O)(=O)Nc1ccc2ncccc2c1. The molecule has 0 atom stereocenters. The van der Waals surface area contributed by atoms with Crippen molar-refractivity contribution in [3.8, 4) is 0 Å². The maximum atomic E-state index is 12.0. The second-order valence-electron chi connectivity index (χ2n) is 4.94. The van der Waals surface area contributed by atoms with Gasteiger partial charge < -0.3 is 5.32 Å². The van der Waals surface area contributed by atoms with Gasteiger partial charge in [-0.05, 0) is 50.2 Å². The first-order valence-electron chi connectivity index (χ1n) is 7.17. The van der Waals surface area contributed by atoms with Crippen molar-refractivity contribution < 1.29 is 8.42 Å². The van der Waals surface area contributed by atoms with Gasteiger partial charge in [-0.2, -0.15) is 0 Å². The molecular formula is C15H21N3O2S. The van der Waals surface area contributed by atoms with E-state index >= 15 is 0 Å². The Hall–Kier alpha value is -1.66. The molecule has 0 bridgehead atoms. The zero-order valence-corrected chi connectivity index (χ0v) is 13.0. The summed E-state index contributed by atoms with van der Waals surface area (Å²) in [5.41, 5.74) is 1.43. The number of sulfonamides is 1. The summed E-state index contributed by atoms with van der Waals surface area (Å²) in [5, 5.41) is 4.11. The average Bonchev–Trinajstić information content (AvgIpc) is 2.46. The smallest absolute Gasteiger partial charge is 0.232 e. The van der Waals surface area contributed by atoms with E-state index in [2.05, 4.69) is 21.9 Å². The molecule has 21 heavy (non-hydrogen) atoms. The predicted molar refractivity (Wildman–Crippen MR) is 86.9 cm³/mol. The molecule has 0 spiro atoms. The van der Waals surface area contributed by atoms with Crippen molar-refractivity contribution in [2.45, 2.75) is 19.8 Å². The molecule has 0 aliphatic heterocycles. The van der Waals surface area contributed by atoms with Gasteiger partial charge in [-0.15, -0.1) is 0 Å². The minimum Gasteiger partial charge on any atom is -0.317 e. The summed E-state index contributed by atoms with van der Waals surface area (Å²) in [6, 6.07) is 9.10. The lowest BCUT2D eigenvalue weighted by Crippen LogP contribution is -2.22. The number of hydrogen-bond donors (Lipinski definition) is 2. The summed E-state index contributed by atoms with van der Waals surface area (Å²) in [6.07, 6.45) is 3.37. The Labute approximate surface area is 125 Å². The van der Waals surface area contributed by atoms with E-state index in [9.17, 15) is 8.42 Å². The highest BCUT2D eigenvalue weighted by Gasteiger charge is 2.10. The van der Waals surface area contributed by atoms with Gasteiger partial charge in [0, 0.05) is 17.3 Å². The van der Waals surface area contributed by atoms with Crippen LogP contribution in [0.1, 0.15) is 19.8 Å². The molecule has 0 aliphatic rings. The van der Waals surface area contributed by atoms with Crippen LogP contribution in [0, 0.1) is 0 Å². The Morgan fingerprint density at radius 3 is 2.86 bits per heavy atom. The molecule has 2 N–H and O–H groups in total. The molecule has 0 amide bonds. The molecule has 0 fully saturated rings. The van der Waals surface area contributed by atoms with Crippen LogP contribution in [0.5, 0.6) is 0 Å². The molecule has 0 radical (unpaired) electrons. The summed E-state index contributed by atoms with van der Waals surface area (Å²) in [4.78, 5) is 4.21. The van der Waals surface area contributed by atoms with Crippen LogP contribution in [-0.2, 0) is 10.0 Å². The Bertz CT molecular complexity index is 686. The highest BCUT2D eigenvalue weighted by atomic mass is 32.2. The Balaban J connectivity index is 1.95. The topological polar surface area (TPSA) is 71.1 Å². The van der Waals surface area contributed by atoms with Crippen molar-refractivity contribution in [1.29, 1.82) is 0 Å². The standard InChI is InChI=1S/C15H21N3O2S/c1-2-8-16-9-4-11-21(19,20)18-14-6-7-15-13(12-14)5-3-10-17-15/h3,5-7,10,12,16,18H,2,4,8-9,11H2,1H3. The number of fused-ring (bicyclic) bond motifs is 1. The van der Waals surface area contributed by atoms with Crippen molar-refractivity contribution in [1.82, 2.24) is 10.3 Å². The number of rotatable bonds is 8. The minimum absolute atomic E-state index is 0.120. The third-order valence-electron chi connectivity index (χ3n) is 3.07. The summed E-state index contributed by atoms with van der Waals surface area (Å²) < 4.78 is 26.6. The molecule has 2 aromatic rings. The number of hydrogen-bond acceptors (Lipinski definition) is 4. The van der Waals surface area contributed by atoms with Gasteiger partial charge in [-0.3, -0.25) is 9.71 Å². The van der Waals surface area contributed by atoms with E-state index in [0.29, 0.717) is 12.1 Å². The monoisotopic (exact) mass is 307 g/mol. The molecular weight excluding hydrogens is 286 g/mol. The molecule has 1 aromatic carbocycles. The van der Waals surface area contributed by atoms with Crippen LogP contribution in [0.3, 0.4) is 0 Å². The first kappa shape index (κ1) is 15.7. The van der Waals surface area contributed by atoms with Crippen LogP contribution in [0.4, 0.5) is 5.69 Å². The molecule has 2 rings (SSSR count). The quantitative estimate of drug-likeness (QED) is 0.735. The highest BCUT2D eigenvalue weighted by Crippen LogP contribution is 2.18. The molecule has 0 aliphatic carbocycles. The lowest BCUT2D eigenvalue weighted by molar-refractivity contribution is 0.593. The number of pyridine rings is 1. The molecule has 5 nitrogen and oxygen atoms in total. The van der Waals surface area contributed by atoms with Crippen LogP contribution < -0.4 is 10.0 Å². The molecule has 1 heterocycles. The number of nitrogens with one attached hydrogen (secondary N) is 2. The van der Waals surface area contributed by atoms with Crippen LogP contribution in [0.15, 0.2) is 36.5 Å². The van der Waals surface area contributed by atoms with Gasteiger partial charge in [-0.1, -0.05) is 13.0 Å². The predicted octanol–water partition coefficient (Wildman–Crippen LogP) is 2.37. The lowest BCUT2D eigenvalue weighted by Gasteiger charge is -2.09. The lowest BCUT2D eigenvalue weighted by atomic mass is 10.2. The van der Waals surface area contributed by atoms with Crippen LogP contribution >= 0.6 is 0 Å². The van der Waals surface area contributed by atoms with Gasteiger partial charge in [0.1, 0.15) is 0 Å².